The van der Waals surface area contributed by atoms with Crippen LogP contribution in [0.25, 0.3) is 0 Å². The van der Waals surface area contributed by atoms with Gasteiger partial charge >= 0.3 is 0 Å². The van der Waals surface area contributed by atoms with E-state index < -0.39 is 9.84 Å². The number of nitrogens with zero attached hydrogens (tertiary/aromatic N) is 1. The lowest BCUT2D eigenvalue weighted by Crippen LogP contribution is -2.44. The molecule has 6 heteroatoms. The summed E-state index contributed by atoms with van der Waals surface area (Å²) in [7, 11) is -2.88. The molecule has 2 fully saturated rings. The Kier molecular flexibility index (Phi) is 4.44. The van der Waals surface area contributed by atoms with Crippen LogP contribution < -0.4 is 5.32 Å². The molecule has 2 saturated heterocycles. The molecule has 2 aliphatic rings. The highest BCUT2D eigenvalue weighted by molar-refractivity contribution is 7.91. The molecule has 0 spiro atoms. The standard InChI is InChI=1S/C14H26N2O3S/c1-9(2)12-14(17)16(13(15-12)10(3)4)7-11-5-6-20(18,19)8-11/h9-13,15H,5-8H2,1-4H3. The van der Waals surface area contributed by atoms with E-state index in [1.54, 1.807) is 0 Å². The minimum atomic E-state index is -2.88. The molecule has 0 aromatic heterocycles. The van der Waals surface area contributed by atoms with Gasteiger partial charge in [-0.15, -0.1) is 0 Å². The first kappa shape index (κ1) is 15.8. The Hall–Kier alpha value is -0.620. The minimum absolute atomic E-state index is 0.0261. The Morgan fingerprint density at radius 1 is 1.25 bits per heavy atom. The van der Waals surface area contributed by atoms with Gasteiger partial charge in [0.2, 0.25) is 5.91 Å². The molecular weight excluding hydrogens is 276 g/mol. The van der Waals surface area contributed by atoms with E-state index in [2.05, 4.69) is 19.2 Å². The van der Waals surface area contributed by atoms with Gasteiger partial charge in [-0.2, -0.15) is 0 Å². The Balaban J connectivity index is 2.09. The third-order valence-electron chi connectivity index (χ3n) is 4.32. The molecule has 2 rings (SSSR count). The molecule has 116 valence electrons. The van der Waals surface area contributed by atoms with Crippen molar-refractivity contribution in [3.8, 4) is 0 Å². The number of hydrogen-bond acceptors (Lipinski definition) is 4. The predicted molar refractivity (Wildman–Crippen MR) is 78.9 cm³/mol. The summed E-state index contributed by atoms with van der Waals surface area (Å²) in [6, 6.07) is -0.139. The quantitative estimate of drug-likeness (QED) is 0.836. The summed E-state index contributed by atoms with van der Waals surface area (Å²) in [5, 5.41) is 3.41. The molecule has 0 saturated carbocycles. The van der Waals surface area contributed by atoms with E-state index in [-0.39, 0.29) is 41.5 Å². The monoisotopic (exact) mass is 302 g/mol. The highest BCUT2D eigenvalue weighted by Gasteiger charge is 2.43. The summed E-state index contributed by atoms with van der Waals surface area (Å²) < 4.78 is 23.1. The van der Waals surface area contributed by atoms with E-state index in [1.165, 1.54) is 0 Å². The van der Waals surface area contributed by atoms with Gasteiger partial charge in [0.05, 0.1) is 23.7 Å². The van der Waals surface area contributed by atoms with E-state index in [4.69, 9.17) is 0 Å². The number of hydrogen-bond donors (Lipinski definition) is 1. The fourth-order valence-electron chi connectivity index (χ4n) is 3.19. The maximum atomic E-state index is 12.5. The van der Waals surface area contributed by atoms with Crippen LogP contribution in [0, 0.1) is 17.8 Å². The zero-order chi connectivity index (χ0) is 15.1. The van der Waals surface area contributed by atoms with E-state index in [1.807, 2.05) is 18.7 Å². The normalized spacial score (nSPS) is 33.6. The zero-order valence-corrected chi connectivity index (χ0v) is 13.6. The van der Waals surface area contributed by atoms with Crippen LogP contribution >= 0.6 is 0 Å². The fourth-order valence-corrected chi connectivity index (χ4v) is 5.04. The summed E-state index contributed by atoms with van der Waals surface area (Å²) in [6.45, 7) is 8.82. The van der Waals surface area contributed by atoms with Crippen LogP contribution in [-0.2, 0) is 14.6 Å². The molecule has 20 heavy (non-hydrogen) atoms. The first-order valence-corrected chi connectivity index (χ1v) is 9.30. The van der Waals surface area contributed by atoms with Crippen molar-refractivity contribution < 1.29 is 13.2 Å². The first-order valence-electron chi connectivity index (χ1n) is 7.48. The van der Waals surface area contributed by atoms with Crippen LogP contribution in [0.3, 0.4) is 0 Å². The van der Waals surface area contributed by atoms with E-state index in [0.717, 1.165) is 0 Å². The molecule has 0 aromatic carbocycles. The summed E-state index contributed by atoms with van der Waals surface area (Å²) in [6.07, 6.45) is 0.710. The minimum Gasteiger partial charge on any atom is -0.325 e. The molecule has 0 aliphatic carbocycles. The smallest absolute Gasteiger partial charge is 0.241 e. The third kappa shape index (κ3) is 3.17. The van der Waals surface area contributed by atoms with Crippen LogP contribution in [-0.4, -0.2) is 49.5 Å². The van der Waals surface area contributed by atoms with Crippen LogP contribution in [0.5, 0.6) is 0 Å². The topological polar surface area (TPSA) is 66.5 Å². The van der Waals surface area contributed by atoms with Crippen LogP contribution in [0.2, 0.25) is 0 Å². The molecule has 0 aromatic rings. The largest absolute Gasteiger partial charge is 0.325 e. The second-order valence-electron chi connectivity index (χ2n) is 6.84. The van der Waals surface area contributed by atoms with Crippen molar-refractivity contribution in [3.05, 3.63) is 0 Å². The lowest BCUT2D eigenvalue weighted by Gasteiger charge is -2.29. The van der Waals surface area contributed by atoms with Gasteiger partial charge in [0.15, 0.2) is 9.84 Å². The van der Waals surface area contributed by atoms with Gasteiger partial charge in [0.1, 0.15) is 0 Å². The highest BCUT2D eigenvalue weighted by atomic mass is 32.2. The maximum Gasteiger partial charge on any atom is 0.241 e. The van der Waals surface area contributed by atoms with Crippen molar-refractivity contribution in [3.63, 3.8) is 0 Å². The van der Waals surface area contributed by atoms with Crippen molar-refractivity contribution in [2.24, 2.45) is 17.8 Å². The summed E-state index contributed by atoms with van der Waals surface area (Å²) in [5.74, 6) is 1.30. The van der Waals surface area contributed by atoms with Gasteiger partial charge in [-0.3, -0.25) is 10.1 Å². The molecule has 0 radical (unpaired) electrons. The summed E-state index contributed by atoms with van der Waals surface area (Å²) >= 11 is 0. The predicted octanol–water partition coefficient (Wildman–Crippen LogP) is 0.860. The van der Waals surface area contributed by atoms with Gasteiger partial charge in [0.25, 0.3) is 0 Å². The molecule has 3 atom stereocenters. The average molecular weight is 302 g/mol. The Morgan fingerprint density at radius 2 is 1.90 bits per heavy atom. The first-order chi connectivity index (χ1) is 9.21. The highest BCUT2D eigenvalue weighted by Crippen LogP contribution is 2.26. The van der Waals surface area contributed by atoms with Crippen molar-refractivity contribution in [1.29, 1.82) is 0 Å². The summed E-state index contributed by atoms with van der Waals surface area (Å²) in [5.41, 5.74) is 0. The molecular formula is C14H26N2O3S. The van der Waals surface area contributed by atoms with Crippen molar-refractivity contribution in [2.75, 3.05) is 18.1 Å². The Bertz CT molecular complexity index is 473. The summed E-state index contributed by atoms with van der Waals surface area (Å²) in [4.78, 5) is 14.4. The Labute approximate surface area is 122 Å². The van der Waals surface area contributed by atoms with Crippen molar-refractivity contribution in [2.45, 2.75) is 46.3 Å². The maximum absolute atomic E-state index is 12.5. The van der Waals surface area contributed by atoms with E-state index in [9.17, 15) is 13.2 Å². The molecule has 3 unspecified atom stereocenters. The second kappa shape index (κ2) is 5.64. The lowest BCUT2D eigenvalue weighted by molar-refractivity contribution is -0.131. The molecule has 2 heterocycles. The van der Waals surface area contributed by atoms with Gasteiger partial charge in [-0.1, -0.05) is 27.7 Å². The number of carbonyl (C=O) groups excluding carboxylic acids is 1. The van der Waals surface area contributed by atoms with Gasteiger partial charge in [-0.25, -0.2) is 8.42 Å². The number of sulfone groups is 1. The average Bonchev–Trinajstić information content (AvgIpc) is 2.81. The third-order valence-corrected chi connectivity index (χ3v) is 6.15. The number of amides is 1. The molecule has 2 aliphatic heterocycles. The van der Waals surface area contributed by atoms with Crippen LogP contribution in [0.1, 0.15) is 34.1 Å². The zero-order valence-electron chi connectivity index (χ0n) is 12.8. The van der Waals surface area contributed by atoms with Crippen LogP contribution in [0.4, 0.5) is 0 Å². The molecule has 1 amide bonds. The van der Waals surface area contributed by atoms with Gasteiger partial charge < -0.3 is 4.90 Å². The van der Waals surface area contributed by atoms with Gasteiger partial charge in [0, 0.05) is 6.54 Å². The van der Waals surface area contributed by atoms with E-state index in [0.29, 0.717) is 18.9 Å². The van der Waals surface area contributed by atoms with Crippen LogP contribution in [0.15, 0.2) is 0 Å². The lowest BCUT2D eigenvalue weighted by atomic mass is 10.0. The number of rotatable bonds is 4. The number of carbonyl (C=O) groups is 1. The van der Waals surface area contributed by atoms with E-state index >= 15 is 0 Å². The second-order valence-corrected chi connectivity index (χ2v) is 9.07. The fraction of sp³-hybridized carbons (Fsp3) is 0.929. The van der Waals surface area contributed by atoms with Crippen molar-refractivity contribution in [1.82, 2.24) is 10.2 Å². The van der Waals surface area contributed by atoms with Gasteiger partial charge in [-0.05, 0) is 24.2 Å². The molecule has 1 N–H and O–H groups in total. The van der Waals surface area contributed by atoms with Crippen molar-refractivity contribution >= 4 is 15.7 Å². The molecule has 5 nitrogen and oxygen atoms in total. The SMILES string of the molecule is CC(C)C1NC(C(C)C)N(CC2CCS(=O)(=O)C2)C1=O. The number of nitrogens with one attached hydrogen (secondary N) is 1. The Morgan fingerprint density at radius 3 is 2.35 bits per heavy atom. The molecule has 0 bridgehead atoms.